The molecule has 0 radical (unpaired) electrons. The molecular weight excluding hydrogens is 170 g/mol. The molecule has 0 amide bonds. The zero-order chi connectivity index (χ0) is 9.90. The Balaban J connectivity index is 2.21. The van der Waals surface area contributed by atoms with Gasteiger partial charge in [-0.1, -0.05) is 13.8 Å². The number of rotatable bonds is 4. The van der Waals surface area contributed by atoms with Crippen LogP contribution in [0.5, 0.6) is 0 Å². The van der Waals surface area contributed by atoms with E-state index in [0.717, 1.165) is 0 Å². The Labute approximate surface area is 78.4 Å². The molecule has 1 aliphatic rings. The molecule has 1 saturated heterocycles. The van der Waals surface area contributed by atoms with Gasteiger partial charge in [0, 0.05) is 12.0 Å². The number of ether oxygens (including phenoxy) is 2. The smallest absolute Gasteiger partial charge is 0.309 e. The average molecular weight is 187 g/mol. The predicted octanol–water partition coefficient (Wildman–Crippen LogP) is 0.161. The fourth-order valence-corrected chi connectivity index (χ4v) is 1.02. The van der Waals surface area contributed by atoms with E-state index in [2.05, 4.69) is 0 Å². The fourth-order valence-electron chi connectivity index (χ4n) is 1.02. The van der Waals surface area contributed by atoms with Crippen LogP contribution in [0.3, 0.4) is 0 Å². The van der Waals surface area contributed by atoms with E-state index in [4.69, 9.17) is 15.2 Å². The van der Waals surface area contributed by atoms with Gasteiger partial charge in [-0.2, -0.15) is 0 Å². The maximum atomic E-state index is 11.2. The van der Waals surface area contributed by atoms with E-state index in [1.807, 2.05) is 6.92 Å². The van der Waals surface area contributed by atoms with Crippen LogP contribution in [0.2, 0.25) is 0 Å². The van der Waals surface area contributed by atoms with E-state index in [9.17, 15) is 4.79 Å². The Hall–Kier alpha value is -0.610. The molecule has 2 N–H and O–H groups in total. The summed E-state index contributed by atoms with van der Waals surface area (Å²) in [7, 11) is 0. The molecule has 1 rings (SSSR count). The number of carbonyl (C=O) groups excluding carboxylic acids is 1. The first-order valence-electron chi connectivity index (χ1n) is 4.52. The van der Waals surface area contributed by atoms with Gasteiger partial charge < -0.3 is 15.2 Å². The molecule has 13 heavy (non-hydrogen) atoms. The summed E-state index contributed by atoms with van der Waals surface area (Å²) in [5, 5.41) is 0. The van der Waals surface area contributed by atoms with Crippen LogP contribution in [0.25, 0.3) is 0 Å². The number of carbonyl (C=O) groups is 1. The topological polar surface area (TPSA) is 61.6 Å². The second kappa shape index (κ2) is 4.07. The van der Waals surface area contributed by atoms with Gasteiger partial charge >= 0.3 is 5.97 Å². The Morgan fingerprint density at radius 1 is 1.69 bits per heavy atom. The van der Waals surface area contributed by atoms with Crippen molar-refractivity contribution in [2.45, 2.75) is 13.8 Å². The molecule has 1 atom stereocenters. The van der Waals surface area contributed by atoms with Gasteiger partial charge in [0.15, 0.2) is 0 Å². The Morgan fingerprint density at radius 3 is 2.69 bits per heavy atom. The van der Waals surface area contributed by atoms with E-state index in [0.29, 0.717) is 26.4 Å². The molecule has 4 heteroatoms. The van der Waals surface area contributed by atoms with Crippen molar-refractivity contribution in [3.05, 3.63) is 0 Å². The molecule has 0 aromatic heterocycles. The zero-order valence-corrected chi connectivity index (χ0v) is 8.21. The van der Waals surface area contributed by atoms with Crippen molar-refractivity contribution in [3.63, 3.8) is 0 Å². The third kappa shape index (κ3) is 2.67. The third-order valence-corrected chi connectivity index (χ3v) is 2.22. The summed E-state index contributed by atoms with van der Waals surface area (Å²) in [5.41, 5.74) is 5.36. The largest absolute Gasteiger partial charge is 0.465 e. The number of hydrogen-bond acceptors (Lipinski definition) is 4. The van der Waals surface area contributed by atoms with Gasteiger partial charge in [0.1, 0.15) is 6.61 Å². The molecule has 0 aliphatic carbocycles. The minimum Gasteiger partial charge on any atom is -0.465 e. The van der Waals surface area contributed by atoms with Crippen LogP contribution in [0.4, 0.5) is 0 Å². The summed E-state index contributed by atoms with van der Waals surface area (Å²) in [5.74, 6) is -0.416. The number of esters is 1. The van der Waals surface area contributed by atoms with Crippen molar-refractivity contribution in [3.8, 4) is 0 Å². The zero-order valence-electron chi connectivity index (χ0n) is 8.21. The van der Waals surface area contributed by atoms with Crippen LogP contribution in [0.1, 0.15) is 13.8 Å². The van der Waals surface area contributed by atoms with Gasteiger partial charge in [0.2, 0.25) is 0 Å². The highest BCUT2D eigenvalue weighted by atomic mass is 16.5. The predicted molar refractivity (Wildman–Crippen MR) is 48.1 cm³/mol. The highest BCUT2D eigenvalue weighted by Gasteiger charge is 2.35. The van der Waals surface area contributed by atoms with Gasteiger partial charge in [-0.25, -0.2) is 0 Å². The molecule has 0 aromatic rings. The monoisotopic (exact) mass is 187 g/mol. The summed E-state index contributed by atoms with van der Waals surface area (Å²) >= 11 is 0. The molecule has 0 aromatic carbocycles. The standard InChI is InChI=1S/C9H17NO3/c1-7(3-10)8(11)13-6-9(2)4-12-5-9/h7H,3-6,10H2,1-2H3. The Kier molecular flexibility index (Phi) is 3.27. The summed E-state index contributed by atoms with van der Waals surface area (Å²) in [6, 6.07) is 0. The lowest BCUT2D eigenvalue weighted by atomic mass is 9.90. The van der Waals surface area contributed by atoms with E-state index in [-0.39, 0.29) is 17.3 Å². The molecule has 0 bridgehead atoms. The van der Waals surface area contributed by atoms with Crippen LogP contribution >= 0.6 is 0 Å². The van der Waals surface area contributed by atoms with E-state index in [1.54, 1.807) is 6.92 Å². The third-order valence-electron chi connectivity index (χ3n) is 2.22. The number of nitrogens with two attached hydrogens (primary N) is 1. The maximum absolute atomic E-state index is 11.2. The molecule has 4 nitrogen and oxygen atoms in total. The van der Waals surface area contributed by atoms with Gasteiger partial charge in [0.25, 0.3) is 0 Å². The highest BCUT2D eigenvalue weighted by molar-refractivity contribution is 5.72. The van der Waals surface area contributed by atoms with Crippen molar-refractivity contribution in [1.82, 2.24) is 0 Å². The minimum atomic E-state index is -0.212. The summed E-state index contributed by atoms with van der Waals surface area (Å²) in [4.78, 5) is 11.2. The molecular formula is C9H17NO3. The van der Waals surface area contributed by atoms with Crippen molar-refractivity contribution in [2.75, 3.05) is 26.4 Å². The molecule has 1 unspecified atom stereocenters. The second-order valence-corrected chi connectivity index (χ2v) is 4.05. The lowest BCUT2D eigenvalue weighted by molar-refractivity contribution is -0.168. The normalized spacial score (nSPS) is 21.8. The van der Waals surface area contributed by atoms with Gasteiger partial charge in [-0.3, -0.25) is 4.79 Å². The number of hydrogen-bond donors (Lipinski definition) is 1. The van der Waals surface area contributed by atoms with Crippen molar-refractivity contribution < 1.29 is 14.3 Å². The first-order valence-corrected chi connectivity index (χ1v) is 4.52. The van der Waals surface area contributed by atoms with Crippen molar-refractivity contribution >= 4 is 5.97 Å². The first-order chi connectivity index (χ1) is 6.07. The van der Waals surface area contributed by atoms with Crippen LogP contribution in [0, 0.1) is 11.3 Å². The SMILES string of the molecule is CC(CN)C(=O)OCC1(C)COC1. The molecule has 1 aliphatic heterocycles. The van der Waals surface area contributed by atoms with Crippen LogP contribution in [-0.2, 0) is 14.3 Å². The van der Waals surface area contributed by atoms with Crippen molar-refractivity contribution in [1.29, 1.82) is 0 Å². The van der Waals surface area contributed by atoms with E-state index in [1.165, 1.54) is 0 Å². The van der Waals surface area contributed by atoms with Gasteiger partial charge in [-0.15, -0.1) is 0 Å². The van der Waals surface area contributed by atoms with Crippen LogP contribution < -0.4 is 5.73 Å². The fraction of sp³-hybridized carbons (Fsp3) is 0.889. The quantitative estimate of drug-likeness (QED) is 0.637. The Morgan fingerprint density at radius 2 is 2.31 bits per heavy atom. The summed E-state index contributed by atoms with van der Waals surface area (Å²) in [6.07, 6.45) is 0. The maximum Gasteiger partial charge on any atom is 0.309 e. The van der Waals surface area contributed by atoms with Crippen LogP contribution in [0.15, 0.2) is 0 Å². The Bertz CT molecular complexity index is 189. The molecule has 76 valence electrons. The van der Waals surface area contributed by atoms with E-state index >= 15 is 0 Å². The van der Waals surface area contributed by atoms with Crippen LogP contribution in [-0.4, -0.2) is 32.3 Å². The first kappa shape index (κ1) is 10.5. The summed E-state index contributed by atoms with van der Waals surface area (Å²) in [6.45, 7) is 5.94. The van der Waals surface area contributed by atoms with Gasteiger partial charge in [-0.05, 0) is 0 Å². The molecule has 1 heterocycles. The molecule has 1 fully saturated rings. The lowest BCUT2D eigenvalue weighted by Crippen LogP contribution is -2.44. The lowest BCUT2D eigenvalue weighted by Gasteiger charge is -2.37. The van der Waals surface area contributed by atoms with E-state index < -0.39 is 0 Å². The molecule has 0 saturated carbocycles. The summed E-state index contributed by atoms with van der Waals surface area (Å²) < 4.78 is 10.1. The molecule has 0 spiro atoms. The van der Waals surface area contributed by atoms with Crippen molar-refractivity contribution in [2.24, 2.45) is 17.1 Å². The minimum absolute atomic E-state index is 0.0317. The second-order valence-electron chi connectivity index (χ2n) is 4.05. The average Bonchev–Trinajstić information content (AvgIpc) is 2.09. The highest BCUT2D eigenvalue weighted by Crippen LogP contribution is 2.26. The van der Waals surface area contributed by atoms with Gasteiger partial charge in [0.05, 0.1) is 19.1 Å².